The fourth-order valence-corrected chi connectivity index (χ4v) is 2.84. The molecule has 2 heterocycles. The Bertz CT molecular complexity index is 1050. The van der Waals surface area contributed by atoms with E-state index < -0.39 is 16.5 Å². The molecule has 0 radical (unpaired) electrons. The highest BCUT2D eigenvalue weighted by Crippen LogP contribution is 2.41. The maximum atomic E-state index is 11.5. The highest BCUT2D eigenvalue weighted by atomic mass is 32.1. The van der Waals surface area contributed by atoms with Crippen LogP contribution in [0, 0.1) is 26.1 Å². The maximum absolute atomic E-state index is 11.5. The first-order chi connectivity index (χ1) is 11.4. The van der Waals surface area contributed by atoms with Crippen LogP contribution in [-0.4, -0.2) is 14.9 Å². The summed E-state index contributed by atoms with van der Waals surface area (Å²) in [6.07, 6.45) is 0. The van der Waals surface area contributed by atoms with Crippen molar-refractivity contribution < 1.29 is 9.66 Å². The number of nitro benzene ring substituents is 1. The van der Waals surface area contributed by atoms with Gasteiger partial charge in [0.05, 0.1) is 16.4 Å². The summed E-state index contributed by atoms with van der Waals surface area (Å²) < 4.78 is 5.35. The molecule has 0 aliphatic carbocycles. The van der Waals surface area contributed by atoms with Gasteiger partial charge in [-0.1, -0.05) is 24.4 Å². The van der Waals surface area contributed by atoms with Crippen molar-refractivity contribution >= 4 is 17.9 Å². The summed E-state index contributed by atoms with van der Waals surface area (Å²) >= 11 is 5.17. The van der Waals surface area contributed by atoms with E-state index in [1.165, 1.54) is 18.2 Å². The topological polar surface area (TPSA) is 151 Å². The van der Waals surface area contributed by atoms with Gasteiger partial charge in [-0.2, -0.15) is 5.26 Å². The van der Waals surface area contributed by atoms with Crippen molar-refractivity contribution in [1.82, 2.24) is 9.97 Å². The van der Waals surface area contributed by atoms with E-state index in [0.29, 0.717) is 11.1 Å². The summed E-state index contributed by atoms with van der Waals surface area (Å²) in [6, 6.07) is 7.70. The first-order valence-corrected chi connectivity index (χ1v) is 7.01. The minimum Gasteiger partial charge on any atom is -0.424 e. The minimum atomic E-state index is -0.792. The van der Waals surface area contributed by atoms with E-state index in [9.17, 15) is 20.2 Å². The molecule has 9 nitrogen and oxygen atoms in total. The van der Waals surface area contributed by atoms with Gasteiger partial charge in [-0.15, -0.1) is 0 Å². The number of allylic oxidation sites excluding steroid dienone is 1. The fraction of sp³-hybridized carbons (Fsp3) is 0.0714. The number of nitrogens with one attached hydrogen (secondary N) is 2. The molecule has 1 unspecified atom stereocenters. The molecule has 3 rings (SSSR count). The van der Waals surface area contributed by atoms with Crippen LogP contribution in [0.5, 0.6) is 5.88 Å². The van der Waals surface area contributed by atoms with E-state index in [1.54, 1.807) is 6.07 Å². The monoisotopic (exact) mass is 343 g/mol. The lowest BCUT2D eigenvalue weighted by molar-refractivity contribution is -0.384. The van der Waals surface area contributed by atoms with Gasteiger partial charge in [0, 0.05) is 12.1 Å². The van der Waals surface area contributed by atoms with E-state index >= 15 is 0 Å². The lowest BCUT2D eigenvalue weighted by atomic mass is 9.85. The molecule has 1 aromatic heterocycles. The first-order valence-electron chi connectivity index (χ1n) is 6.60. The largest absolute Gasteiger partial charge is 0.424 e. The predicted molar refractivity (Wildman–Crippen MR) is 84.6 cm³/mol. The van der Waals surface area contributed by atoms with Gasteiger partial charge in [0.25, 0.3) is 5.69 Å². The number of nitrogens with zero attached hydrogens (tertiary/aromatic N) is 2. The number of nitriles is 1. The molecule has 0 amide bonds. The third-order valence-electron chi connectivity index (χ3n) is 3.53. The second-order valence-electron chi connectivity index (χ2n) is 4.93. The second-order valence-corrected chi connectivity index (χ2v) is 5.34. The lowest BCUT2D eigenvalue weighted by Gasteiger charge is -2.25. The Morgan fingerprint density at radius 3 is 2.83 bits per heavy atom. The average molecular weight is 343 g/mol. The number of nitro groups is 1. The van der Waals surface area contributed by atoms with Gasteiger partial charge < -0.3 is 10.5 Å². The number of hydrogen-bond donors (Lipinski definition) is 3. The molecule has 4 N–H and O–H groups in total. The molecule has 10 heteroatoms. The van der Waals surface area contributed by atoms with E-state index in [1.807, 2.05) is 6.07 Å². The molecular weight excluding hydrogens is 334 g/mol. The zero-order valence-electron chi connectivity index (χ0n) is 11.9. The van der Waals surface area contributed by atoms with Crippen molar-refractivity contribution in [3.8, 4) is 11.9 Å². The fourth-order valence-electron chi connectivity index (χ4n) is 2.54. The molecule has 0 spiro atoms. The molecule has 120 valence electrons. The van der Waals surface area contributed by atoms with Gasteiger partial charge >= 0.3 is 5.69 Å². The quantitative estimate of drug-likeness (QED) is 0.425. The number of nitrogens with two attached hydrogens (primary N) is 1. The van der Waals surface area contributed by atoms with Crippen LogP contribution in [0.2, 0.25) is 0 Å². The number of hydrogen-bond acceptors (Lipinski definition) is 7. The van der Waals surface area contributed by atoms with Crippen molar-refractivity contribution in [3.05, 3.63) is 72.1 Å². The molecule has 0 saturated heterocycles. The number of H-pyrrole nitrogens is 2. The van der Waals surface area contributed by atoms with Crippen molar-refractivity contribution in [1.29, 1.82) is 5.26 Å². The number of ether oxygens (including phenoxy) is 1. The number of fused-ring (bicyclic) bond motifs is 1. The number of benzene rings is 1. The van der Waals surface area contributed by atoms with Crippen LogP contribution < -0.4 is 16.2 Å². The molecule has 1 atom stereocenters. The zero-order valence-corrected chi connectivity index (χ0v) is 12.7. The lowest BCUT2D eigenvalue weighted by Crippen LogP contribution is -2.25. The van der Waals surface area contributed by atoms with Crippen LogP contribution in [0.25, 0.3) is 0 Å². The summed E-state index contributed by atoms with van der Waals surface area (Å²) in [5.74, 6) is -0.978. The molecule has 0 saturated carbocycles. The SMILES string of the molecule is N#CC1=C(N)Oc2[nH]c(=O)[nH]c(=S)c2C1c1cccc([N+](=O)[O-])c1. The van der Waals surface area contributed by atoms with E-state index in [4.69, 9.17) is 22.7 Å². The van der Waals surface area contributed by atoms with Crippen LogP contribution in [0.15, 0.2) is 40.5 Å². The molecule has 1 aliphatic heterocycles. The summed E-state index contributed by atoms with van der Waals surface area (Å²) in [4.78, 5) is 26.8. The van der Waals surface area contributed by atoms with E-state index in [2.05, 4.69) is 9.97 Å². The Balaban J connectivity index is 2.32. The summed E-state index contributed by atoms with van der Waals surface area (Å²) in [7, 11) is 0. The third-order valence-corrected chi connectivity index (χ3v) is 3.85. The Hall–Kier alpha value is -3.45. The van der Waals surface area contributed by atoms with Crippen LogP contribution in [0.1, 0.15) is 17.0 Å². The minimum absolute atomic E-state index is 0.0109. The van der Waals surface area contributed by atoms with Gasteiger partial charge in [0.2, 0.25) is 11.8 Å². The average Bonchev–Trinajstić information content (AvgIpc) is 2.53. The van der Waals surface area contributed by atoms with Gasteiger partial charge in [0.1, 0.15) is 16.3 Å². The Labute approximate surface area is 139 Å². The van der Waals surface area contributed by atoms with Gasteiger partial charge in [-0.05, 0) is 5.56 Å². The third kappa shape index (κ3) is 2.42. The Morgan fingerprint density at radius 2 is 2.17 bits per heavy atom. The van der Waals surface area contributed by atoms with Crippen LogP contribution in [0.3, 0.4) is 0 Å². The van der Waals surface area contributed by atoms with Crippen LogP contribution in [-0.2, 0) is 0 Å². The van der Waals surface area contributed by atoms with Crippen LogP contribution in [0.4, 0.5) is 5.69 Å². The van der Waals surface area contributed by atoms with Crippen molar-refractivity contribution in [3.63, 3.8) is 0 Å². The molecule has 1 aliphatic rings. The molecule has 0 fully saturated rings. The van der Waals surface area contributed by atoms with Crippen molar-refractivity contribution in [2.45, 2.75) is 5.92 Å². The number of aromatic amines is 2. The standard InChI is InChI=1S/C14H9N5O4S/c15-5-8-9(6-2-1-3-7(4-6)19(21)22)10-12(23-11(8)16)17-14(20)18-13(10)24/h1-4,9H,16H2,(H2,17,18,20,24). The molecule has 0 bridgehead atoms. The van der Waals surface area contributed by atoms with Gasteiger partial charge in [0.15, 0.2) is 0 Å². The van der Waals surface area contributed by atoms with Crippen LogP contribution >= 0.6 is 12.2 Å². The van der Waals surface area contributed by atoms with Gasteiger partial charge in [-0.3, -0.25) is 20.1 Å². The summed E-state index contributed by atoms with van der Waals surface area (Å²) in [6.45, 7) is 0. The normalized spacial score (nSPS) is 16.0. The highest BCUT2D eigenvalue weighted by Gasteiger charge is 2.33. The van der Waals surface area contributed by atoms with Crippen molar-refractivity contribution in [2.75, 3.05) is 0 Å². The highest BCUT2D eigenvalue weighted by molar-refractivity contribution is 7.71. The van der Waals surface area contributed by atoms with E-state index in [-0.39, 0.29) is 27.7 Å². The number of aromatic nitrogens is 2. The summed E-state index contributed by atoms with van der Waals surface area (Å²) in [5.41, 5.74) is 5.83. The van der Waals surface area contributed by atoms with E-state index in [0.717, 1.165) is 0 Å². The predicted octanol–water partition coefficient (Wildman–Crippen LogP) is 1.56. The summed E-state index contributed by atoms with van der Waals surface area (Å²) in [5, 5.41) is 20.4. The van der Waals surface area contributed by atoms with Gasteiger partial charge in [-0.25, -0.2) is 4.79 Å². The zero-order chi connectivity index (χ0) is 17.4. The smallest absolute Gasteiger partial charge is 0.326 e. The Morgan fingerprint density at radius 1 is 1.42 bits per heavy atom. The molecule has 1 aromatic carbocycles. The molecule has 24 heavy (non-hydrogen) atoms. The Kier molecular flexibility index (Phi) is 3.63. The first kappa shape index (κ1) is 15.4. The molecule has 2 aromatic rings. The second kappa shape index (κ2) is 5.64. The maximum Gasteiger partial charge on any atom is 0.326 e. The molecular formula is C14H9N5O4S. The number of non-ortho nitro benzene ring substituents is 1. The van der Waals surface area contributed by atoms with Crippen molar-refractivity contribution in [2.24, 2.45) is 5.73 Å². The number of rotatable bonds is 2.